The molecular weight excluding hydrogens is 480 g/mol. The van der Waals surface area contributed by atoms with E-state index in [0.29, 0.717) is 28.0 Å². The van der Waals surface area contributed by atoms with Crippen LogP contribution in [0.2, 0.25) is 5.02 Å². The number of para-hydroxylation sites is 4. The highest BCUT2D eigenvalue weighted by atomic mass is 35.5. The normalized spacial score (nSPS) is 19.0. The number of halogens is 1. The van der Waals surface area contributed by atoms with Crippen LogP contribution in [0.5, 0.6) is 17.2 Å². The fraction of sp³-hybridized carbons (Fsp3) is 0.208. The van der Waals surface area contributed by atoms with Gasteiger partial charge in [0.2, 0.25) is 0 Å². The van der Waals surface area contributed by atoms with Gasteiger partial charge in [-0.25, -0.2) is 8.42 Å². The number of nitrogens with one attached hydrogen (secondary N) is 1. The molecule has 0 saturated carbocycles. The summed E-state index contributed by atoms with van der Waals surface area (Å²) in [5.41, 5.74) is 0.363. The van der Waals surface area contributed by atoms with E-state index in [2.05, 4.69) is 5.32 Å². The van der Waals surface area contributed by atoms with Crippen LogP contribution in [0.15, 0.2) is 77.7 Å². The van der Waals surface area contributed by atoms with Gasteiger partial charge in [0.1, 0.15) is 18.5 Å². The molecule has 0 spiro atoms. The third-order valence-electron chi connectivity index (χ3n) is 5.50. The number of hydrogen-bond donors (Lipinski definition) is 1. The Labute approximate surface area is 202 Å². The van der Waals surface area contributed by atoms with E-state index in [4.69, 9.17) is 25.8 Å². The number of benzene rings is 3. The highest BCUT2D eigenvalue weighted by Crippen LogP contribution is 2.37. The number of amides is 1. The van der Waals surface area contributed by atoms with E-state index in [-0.39, 0.29) is 30.7 Å². The third kappa shape index (κ3) is 4.36. The van der Waals surface area contributed by atoms with Gasteiger partial charge >= 0.3 is 0 Å². The molecule has 34 heavy (non-hydrogen) atoms. The van der Waals surface area contributed by atoms with E-state index in [1.807, 2.05) is 18.2 Å². The number of nitrogens with zero attached hydrogens (tertiary/aromatic N) is 1. The van der Waals surface area contributed by atoms with Gasteiger partial charge < -0.3 is 19.5 Å². The maximum Gasteiger partial charge on any atom is 0.264 e. The molecule has 2 unspecified atom stereocenters. The summed E-state index contributed by atoms with van der Waals surface area (Å²) in [5, 5.41) is 3.22. The van der Waals surface area contributed by atoms with Gasteiger partial charge in [-0.2, -0.15) is 0 Å². The summed E-state index contributed by atoms with van der Waals surface area (Å²) < 4.78 is 45.4. The van der Waals surface area contributed by atoms with Gasteiger partial charge in [-0.05, 0) is 48.5 Å². The fourth-order valence-corrected chi connectivity index (χ4v) is 5.39. The van der Waals surface area contributed by atoms with E-state index in [1.165, 1.54) is 28.6 Å². The summed E-state index contributed by atoms with van der Waals surface area (Å²) in [5.74, 6) is 1.11. The molecule has 1 amide bonds. The maximum absolute atomic E-state index is 13.4. The quantitative estimate of drug-likeness (QED) is 0.578. The summed E-state index contributed by atoms with van der Waals surface area (Å²) >= 11 is 5.92. The largest absolute Gasteiger partial charge is 0.486 e. The Morgan fingerprint density at radius 3 is 2.38 bits per heavy atom. The third-order valence-corrected chi connectivity index (χ3v) is 7.55. The highest BCUT2D eigenvalue weighted by Gasteiger charge is 2.37. The lowest BCUT2D eigenvalue weighted by Gasteiger charge is -2.35. The second kappa shape index (κ2) is 9.08. The van der Waals surface area contributed by atoms with Crippen LogP contribution in [0.4, 0.5) is 5.69 Å². The van der Waals surface area contributed by atoms with Crippen LogP contribution in [0, 0.1) is 0 Å². The summed E-state index contributed by atoms with van der Waals surface area (Å²) in [6.07, 6.45) is -1.43. The van der Waals surface area contributed by atoms with Gasteiger partial charge in [-0.1, -0.05) is 35.9 Å². The number of rotatable bonds is 5. The molecule has 5 rings (SSSR count). The Kier molecular flexibility index (Phi) is 5.97. The minimum atomic E-state index is -3.96. The zero-order chi connectivity index (χ0) is 23.7. The average molecular weight is 501 g/mol. The van der Waals surface area contributed by atoms with Crippen molar-refractivity contribution in [3.8, 4) is 17.2 Å². The number of hydrogen-bond acceptors (Lipinski definition) is 6. The molecule has 0 radical (unpaired) electrons. The van der Waals surface area contributed by atoms with Crippen LogP contribution in [-0.2, 0) is 14.8 Å². The van der Waals surface area contributed by atoms with Gasteiger partial charge in [0.05, 0.1) is 23.7 Å². The summed E-state index contributed by atoms with van der Waals surface area (Å²) in [6.45, 7) is 0.278. The van der Waals surface area contributed by atoms with Crippen molar-refractivity contribution in [2.45, 2.75) is 17.1 Å². The Morgan fingerprint density at radius 2 is 1.62 bits per heavy atom. The monoisotopic (exact) mass is 500 g/mol. The number of carbonyl (C=O) groups excluding carboxylic acids is 1. The first-order chi connectivity index (χ1) is 16.4. The Balaban J connectivity index is 1.32. The van der Waals surface area contributed by atoms with Crippen LogP contribution in [0.3, 0.4) is 0 Å². The van der Waals surface area contributed by atoms with Crippen molar-refractivity contribution in [3.05, 3.63) is 77.8 Å². The minimum Gasteiger partial charge on any atom is -0.486 e. The molecule has 0 saturated heterocycles. The van der Waals surface area contributed by atoms with Crippen molar-refractivity contribution in [2.75, 3.05) is 24.0 Å². The molecule has 0 aromatic heterocycles. The second-order valence-corrected chi connectivity index (χ2v) is 10.1. The van der Waals surface area contributed by atoms with E-state index in [9.17, 15) is 13.2 Å². The number of carbonyl (C=O) groups is 1. The second-order valence-electron chi connectivity index (χ2n) is 7.81. The van der Waals surface area contributed by atoms with E-state index >= 15 is 0 Å². The van der Waals surface area contributed by atoms with Gasteiger partial charge in [0.25, 0.3) is 15.9 Å². The first-order valence-electron chi connectivity index (χ1n) is 10.6. The Morgan fingerprint density at radius 1 is 0.941 bits per heavy atom. The molecule has 8 nitrogen and oxygen atoms in total. The SMILES string of the molecule is O=C(NCC1COc2ccccc2O1)C1CN(S(=O)(=O)c2ccc(Cl)cc2)c2ccccc2O1. The van der Waals surface area contributed by atoms with Gasteiger partial charge in [-0.3, -0.25) is 9.10 Å². The Bertz CT molecular complexity index is 1320. The molecule has 2 aliphatic rings. The number of anilines is 1. The lowest BCUT2D eigenvalue weighted by Crippen LogP contribution is -2.52. The molecule has 0 bridgehead atoms. The predicted molar refractivity (Wildman–Crippen MR) is 126 cm³/mol. The number of sulfonamides is 1. The molecule has 2 aliphatic heterocycles. The first kappa shape index (κ1) is 22.4. The molecular formula is C24H21ClN2O6S. The maximum atomic E-state index is 13.4. The molecule has 1 N–H and O–H groups in total. The van der Waals surface area contributed by atoms with Crippen molar-refractivity contribution in [2.24, 2.45) is 0 Å². The standard InChI is InChI=1S/C24H21ClN2O6S/c25-16-9-11-18(12-10-16)34(29,30)27-14-23(33-20-6-2-1-5-19(20)27)24(28)26-13-17-15-31-21-7-3-4-8-22(21)32-17/h1-12,17,23H,13-15H2,(H,26,28). The van der Waals surface area contributed by atoms with Crippen molar-refractivity contribution < 1.29 is 27.4 Å². The lowest BCUT2D eigenvalue weighted by atomic mass is 10.2. The summed E-state index contributed by atoms with van der Waals surface area (Å²) in [6, 6.07) is 19.9. The topological polar surface area (TPSA) is 94.2 Å². The number of fused-ring (bicyclic) bond motifs is 2. The molecule has 2 heterocycles. The molecule has 3 aromatic carbocycles. The summed E-state index contributed by atoms with van der Waals surface area (Å²) in [4.78, 5) is 13.0. The molecule has 3 aromatic rings. The van der Waals surface area contributed by atoms with E-state index in [0.717, 1.165) is 0 Å². The van der Waals surface area contributed by atoms with Crippen LogP contribution in [0.25, 0.3) is 0 Å². The Hall–Kier alpha value is -3.43. The lowest BCUT2D eigenvalue weighted by molar-refractivity contribution is -0.128. The van der Waals surface area contributed by atoms with Gasteiger partial charge in [-0.15, -0.1) is 0 Å². The first-order valence-corrected chi connectivity index (χ1v) is 12.4. The minimum absolute atomic E-state index is 0.0687. The zero-order valence-corrected chi connectivity index (χ0v) is 19.5. The molecule has 0 aliphatic carbocycles. The van der Waals surface area contributed by atoms with E-state index < -0.39 is 22.0 Å². The highest BCUT2D eigenvalue weighted by molar-refractivity contribution is 7.92. The molecule has 10 heteroatoms. The van der Waals surface area contributed by atoms with Gasteiger partial charge in [0, 0.05) is 5.02 Å². The molecule has 2 atom stereocenters. The van der Waals surface area contributed by atoms with Crippen LogP contribution in [-0.4, -0.2) is 46.2 Å². The fourth-order valence-electron chi connectivity index (χ4n) is 3.79. The van der Waals surface area contributed by atoms with E-state index in [1.54, 1.807) is 30.3 Å². The molecule has 176 valence electrons. The smallest absolute Gasteiger partial charge is 0.264 e. The van der Waals surface area contributed by atoms with Crippen LogP contribution >= 0.6 is 11.6 Å². The van der Waals surface area contributed by atoms with Crippen molar-refractivity contribution in [3.63, 3.8) is 0 Å². The van der Waals surface area contributed by atoms with Crippen LogP contribution < -0.4 is 23.8 Å². The molecule has 0 fully saturated rings. The van der Waals surface area contributed by atoms with Crippen molar-refractivity contribution in [1.29, 1.82) is 0 Å². The van der Waals surface area contributed by atoms with Crippen molar-refractivity contribution in [1.82, 2.24) is 5.32 Å². The van der Waals surface area contributed by atoms with Gasteiger partial charge in [0.15, 0.2) is 17.6 Å². The predicted octanol–water partition coefficient (Wildman–Crippen LogP) is 3.25. The summed E-state index contributed by atoms with van der Waals surface area (Å²) in [7, 11) is -3.96. The van der Waals surface area contributed by atoms with Crippen LogP contribution in [0.1, 0.15) is 0 Å². The zero-order valence-electron chi connectivity index (χ0n) is 17.9. The number of ether oxygens (including phenoxy) is 3. The average Bonchev–Trinajstić information content (AvgIpc) is 2.86. The van der Waals surface area contributed by atoms with Crippen molar-refractivity contribution >= 4 is 33.2 Å².